The van der Waals surface area contributed by atoms with Gasteiger partial charge in [0.25, 0.3) is 5.91 Å². The highest BCUT2D eigenvalue weighted by Gasteiger charge is 2.22. The number of benzene rings is 3. The molecule has 0 aliphatic heterocycles. The minimum atomic E-state index is -0.720. The molecule has 1 unspecified atom stereocenters. The summed E-state index contributed by atoms with van der Waals surface area (Å²) in [7, 11) is 0. The Morgan fingerprint density at radius 1 is 0.889 bits per heavy atom. The fraction of sp³-hybridized carbons (Fsp3) is 0.0455. The summed E-state index contributed by atoms with van der Waals surface area (Å²) in [5.41, 5.74) is 3.81. The van der Waals surface area contributed by atoms with Crippen molar-refractivity contribution in [3.05, 3.63) is 107 Å². The van der Waals surface area contributed by atoms with Gasteiger partial charge in [0.1, 0.15) is 11.6 Å². The fourth-order valence-electron chi connectivity index (χ4n) is 2.69. The van der Waals surface area contributed by atoms with Crippen molar-refractivity contribution in [2.45, 2.75) is 5.92 Å². The van der Waals surface area contributed by atoms with E-state index in [1.54, 1.807) is 41.9 Å². The van der Waals surface area contributed by atoms with E-state index in [2.05, 4.69) is 11.8 Å². The third kappa shape index (κ3) is 4.38. The van der Waals surface area contributed by atoms with Gasteiger partial charge in [-0.15, -0.1) is 0 Å². The van der Waals surface area contributed by atoms with E-state index in [0.29, 0.717) is 11.1 Å². The lowest BCUT2D eigenvalue weighted by molar-refractivity contribution is -0.129. The molecular weight excluding hydrogens is 348 g/mol. The predicted molar refractivity (Wildman–Crippen MR) is 97.0 cm³/mol. The number of amides is 1. The molecular formula is C22H15F2NO2. The van der Waals surface area contributed by atoms with Gasteiger partial charge in [0.15, 0.2) is 0 Å². The van der Waals surface area contributed by atoms with E-state index in [-0.39, 0.29) is 5.56 Å². The standard InChI is InChI=1S/C22H15F2NO2/c23-19-13-12-16(20(24)14-19)9-6-15-7-10-18(11-8-15)21(22(26)25-27)17-4-2-1-3-5-17/h1-5,7-8,10-14,21,27H,(H,25,26). The van der Waals surface area contributed by atoms with Crippen molar-refractivity contribution in [1.29, 1.82) is 0 Å². The molecule has 1 amide bonds. The van der Waals surface area contributed by atoms with Crippen LogP contribution in [0.25, 0.3) is 0 Å². The Kier molecular flexibility index (Phi) is 5.60. The smallest absolute Gasteiger partial charge is 0.255 e. The average molecular weight is 363 g/mol. The number of nitrogens with one attached hydrogen (secondary N) is 1. The third-order valence-electron chi connectivity index (χ3n) is 4.02. The number of carbonyl (C=O) groups excluding carboxylic acids is 1. The Labute approximate surface area is 155 Å². The summed E-state index contributed by atoms with van der Waals surface area (Å²) in [5, 5.41) is 9.05. The van der Waals surface area contributed by atoms with Crippen LogP contribution in [0.5, 0.6) is 0 Å². The number of hydrogen-bond acceptors (Lipinski definition) is 2. The second-order valence-electron chi connectivity index (χ2n) is 5.82. The number of hydrogen-bond donors (Lipinski definition) is 2. The molecule has 0 heterocycles. The molecule has 3 nitrogen and oxygen atoms in total. The second kappa shape index (κ2) is 8.26. The summed E-state index contributed by atoms with van der Waals surface area (Å²) < 4.78 is 26.6. The van der Waals surface area contributed by atoms with E-state index in [9.17, 15) is 13.6 Å². The van der Waals surface area contributed by atoms with Crippen LogP contribution >= 0.6 is 0 Å². The summed E-state index contributed by atoms with van der Waals surface area (Å²) in [6.45, 7) is 0. The summed E-state index contributed by atoms with van der Waals surface area (Å²) in [6, 6.07) is 19.1. The Hall–Kier alpha value is -3.49. The Bertz CT molecular complexity index is 1010. The first kappa shape index (κ1) is 18.3. The molecule has 134 valence electrons. The lowest BCUT2D eigenvalue weighted by Gasteiger charge is -2.15. The van der Waals surface area contributed by atoms with Crippen LogP contribution in [0.4, 0.5) is 8.78 Å². The van der Waals surface area contributed by atoms with E-state index in [1.165, 1.54) is 6.07 Å². The third-order valence-corrected chi connectivity index (χ3v) is 4.02. The second-order valence-corrected chi connectivity index (χ2v) is 5.82. The Morgan fingerprint density at radius 3 is 2.19 bits per heavy atom. The van der Waals surface area contributed by atoms with Crippen molar-refractivity contribution in [3.8, 4) is 11.8 Å². The molecule has 3 aromatic rings. The summed E-state index contributed by atoms with van der Waals surface area (Å²) in [4.78, 5) is 12.1. The number of halogens is 2. The van der Waals surface area contributed by atoms with Crippen LogP contribution in [0.2, 0.25) is 0 Å². The molecule has 3 rings (SSSR count). The van der Waals surface area contributed by atoms with Gasteiger partial charge < -0.3 is 0 Å². The monoisotopic (exact) mass is 363 g/mol. The molecule has 2 N–H and O–H groups in total. The molecule has 0 saturated heterocycles. The van der Waals surface area contributed by atoms with Gasteiger partial charge in [-0.25, -0.2) is 14.3 Å². The molecule has 0 spiro atoms. The molecule has 0 saturated carbocycles. The molecule has 0 fully saturated rings. The normalized spacial score (nSPS) is 11.2. The van der Waals surface area contributed by atoms with Crippen LogP contribution in [-0.4, -0.2) is 11.1 Å². The van der Waals surface area contributed by atoms with E-state index < -0.39 is 23.5 Å². The minimum absolute atomic E-state index is 0.0993. The molecule has 1 atom stereocenters. The van der Waals surface area contributed by atoms with Crippen molar-refractivity contribution in [1.82, 2.24) is 5.48 Å². The molecule has 0 radical (unpaired) electrons. The Balaban J connectivity index is 1.88. The van der Waals surface area contributed by atoms with Crippen molar-refractivity contribution >= 4 is 5.91 Å². The quantitative estimate of drug-likeness (QED) is 0.420. The van der Waals surface area contributed by atoms with Crippen LogP contribution in [-0.2, 0) is 4.79 Å². The summed E-state index contributed by atoms with van der Waals surface area (Å²) in [5.74, 6) is 2.87. The van der Waals surface area contributed by atoms with Crippen LogP contribution in [0, 0.1) is 23.5 Å². The number of carbonyl (C=O) groups is 1. The van der Waals surface area contributed by atoms with Gasteiger partial charge in [-0.05, 0) is 35.4 Å². The lowest BCUT2D eigenvalue weighted by Crippen LogP contribution is -2.27. The maximum atomic E-state index is 13.6. The van der Waals surface area contributed by atoms with Gasteiger partial charge in [0.2, 0.25) is 0 Å². The zero-order valence-corrected chi connectivity index (χ0v) is 14.1. The zero-order chi connectivity index (χ0) is 19.2. The van der Waals surface area contributed by atoms with Gasteiger partial charge in [-0.3, -0.25) is 10.0 Å². The van der Waals surface area contributed by atoms with Gasteiger partial charge in [0.05, 0.1) is 11.5 Å². The van der Waals surface area contributed by atoms with Crippen molar-refractivity contribution in [2.75, 3.05) is 0 Å². The van der Waals surface area contributed by atoms with Crippen molar-refractivity contribution in [2.24, 2.45) is 0 Å². The Morgan fingerprint density at radius 2 is 1.56 bits per heavy atom. The van der Waals surface area contributed by atoms with Crippen LogP contribution in [0.3, 0.4) is 0 Å². The summed E-state index contributed by atoms with van der Waals surface area (Å²) >= 11 is 0. The van der Waals surface area contributed by atoms with Gasteiger partial charge >= 0.3 is 0 Å². The molecule has 27 heavy (non-hydrogen) atoms. The van der Waals surface area contributed by atoms with Gasteiger partial charge in [0, 0.05) is 11.6 Å². The molecule has 0 aliphatic carbocycles. The van der Waals surface area contributed by atoms with Gasteiger partial charge in [-0.1, -0.05) is 54.3 Å². The van der Waals surface area contributed by atoms with Crippen LogP contribution < -0.4 is 5.48 Å². The van der Waals surface area contributed by atoms with E-state index in [0.717, 1.165) is 17.7 Å². The SMILES string of the molecule is O=C(NO)C(c1ccccc1)c1ccc(C#Cc2ccc(F)cc2F)cc1. The molecule has 0 aliphatic rings. The van der Waals surface area contributed by atoms with Crippen LogP contribution in [0.1, 0.15) is 28.2 Å². The first-order valence-corrected chi connectivity index (χ1v) is 8.14. The molecule has 0 aromatic heterocycles. The van der Waals surface area contributed by atoms with Crippen LogP contribution in [0.15, 0.2) is 72.8 Å². The highest BCUT2D eigenvalue weighted by Crippen LogP contribution is 2.25. The van der Waals surface area contributed by atoms with E-state index >= 15 is 0 Å². The highest BCUT2D eigenvalue weighted by molar-refractivity contribution is 5.86. The van der Waals surface area contributed by atoms with Crippen molar-refractivity contribution in [3.63, 3.8) is 0 Å². The molecule has 0 bridgehead atoms. The largest absolute Gasteiger partial charge is 0.289 e. The first-order valence-electron chi connectivity index (χ1n) is 8.14. The zero-order valence-electron chi connectivity index (χ0n) is 14.1. The summed E-state index contributed by atoms with van der Waals surface area (Å²) in [6.07, 6.45) is 0. The number of rotatable bonds is 3. The molecule has 5 heteroatoms. The van der Waals surface area contributed by atoms with E-state index in [1.807, 2.05) is 18.2 Å². The highest BCUT2D eigenvalue weighted by atomic mass is 19.1. The predicted octanol–water partition coefficient (Wildman–Crippen LogP) is 4.00. The number of hydroxylamine groups is 1. The minimum Gasteiger partial charge on any atom is -0.289 e. The topological polar surface area (TPSA) is 49.3 Å². The van der Waals surface area contributed by atoms with E-state index in [4.69, 9.17) is 5.21 Å². The maximum Gasteiger partial charge on any atom is 0.255 e. The molecule has 3 aromatic carbocycles. The first-order chi connectivity index (χ1) is 13.1. The van der Waals surface area contributed by atoms with Gasteiger partial charge in [-0.2, -0.15) is 0 Å². The maximum absolute atomic E-state index is 13.6. The lowest BCUT2D eigenvalue weighted by atomic mass is 9.90. The average Bonchev–Trinajstić information content (AvgIpc) is 2.69. The fourth-order valence-corrected chi connectivity index (χ4v) is 2.69. The van der Waals surface area contributed by atoms with Crippen molar-refractivity contribution < 1.29 is 18.8 Å².